The average molecular weight is 359 g/mol. The maximum atomic E-state index is 12.7. The first-order valence-electron chi connectivity index (χ1n) is 8.66. The zero-order chi connectivity index (χ0) is 19.2. The Labute approximate surface area is 158 Å². The molecule has 4 nitrogen and oxygen atoms in total. The van der Waals surface area contributed by atoms with Gasteiger partial charge in [0.1, 0.15) is 11.5 Å². The number of aromatic hydroxyl groups is 2. The molecule has 0 bridgehead atoms. The molecule has 27 heavy (non-hydrogen) atoms. The van der Waals surface area contributed by atoms with Crippen molar-refractivity contribution in [3.05, 3.63) is 108 Å². The molecule has 3 aromatic rings. The molecule has 0 spiro atoms. The number of hydrogen-bond acceptors (Lipinski definition) is 3. The van der Waals surface area contributed by atoms with Crippen molar-refractivity contribution in [2.45, 2.75) is 5.92 Å². The molecule has 0 aliphatic heterocycles. The van der Waals surface area contributed by atoms with E-state index in [2.05, 4.69) is 11.9 Å². The summed E-state index contributed by atoms with van der Waals surface area (Å²) < 4.78 is 0. The third-order valence-corrected chi connectivity index (χ3v) is 4.38. The van der Waals surface area contributed by atoms with Crippen LogP contribution in [0.3, 0.4) is 0 Å². The number of rotatable bonds is 6. The summed E-state index contributed by atoms with van der Waals surface area (Å²) in [7, 11) is 0. The number of nitrogens with one attached hydrogen (secondary N) is 1. The Hall–Kier alpha value is -3.53. The van der Waals surface area contributed by atoms with Gasteiger partial charge in [-0.1, -0.05) is 48.5 Å². The third-order valence-electron chi connectivity index (χ3n) is 4.38. The van der Waals surface area contributed by atoms with E-state index in [0.717, 1.165) is 16.7 Å². The van der Waals surface area contributed by atoms with Crippen LogP contribution in [0.1, 0.15) is 33.0 Å². The largest absolute Gasteiger partial charge is 0.508 e. The molecule has 4 heteroatoms. The molecule has 0 aromatic heterocycles. The van der Waals surface area contributed by atoms with Crippen molar-refractivity contribution in [2.75, 3.05) is 6.54 Å². The molecule has 0 aliphatic carbocycles. The predicted molar refractivity (Wildman–Crippen MR) is 106 cm³/mol. The minimum Gasteiger partial charge on any atom is -0.508 e. The molecular formula is C23H21NO3. The average Bonchev–Trinajstić information content (AvgIpc) is 2.69. The number of benzene rings is 3. The van der Waals surface area contributed by atoms with Crippen LogP contribution < -0.4 is 5.32 Å². The van der Waals surface area contributed by atoms with Crippen LogP contribution in [0.4, 0.5) is 0 Å². The smallest absolute Gasteiger partial charge is 0.251 e. The topological polar surface area (TPSA) is 69.6 Å². The van der Waals surface area contributed by atoms with E-state index in [9.17, 15) is 15.0 Å². The van der Waals surface area contributed by atoms with E-state index in [4.69, 9.17) is 0 Å². The molecule has 0 atom stereocenters. The van der Waals surface area contributed by atoms with Crippen molar-refractivity contribution in [2.24, 2.45) is 0 Å². The fourth-order valence-electron chi connectivity index (χ4n) is 3.10. The Morgan fingerprint density at radius 2 is 1.41 bits per heavy atom. The van der Waals surface area contributed by atoms with Gasteiger partial charge in [-0.3, -0.25) is 4.79 Å². The SMILES string of the molecule is C=CCNC(=O)c1ccccc1C(c1ccc(O)cc1)c1ccc(O)cc1. The first kappa shape index (κ1) is 18.3. The fourth-order valence-corrected chi connectivity index (χ4v) is 3.10. The second-order valence-electron chi connectivity index (χ2n) is 6.20. The van der Waals surface area contributed by atoms with Crippen molar-refractivity contribution < 1.29 is 15.0 Å². The first-order valence-corrected chi connectivity index (χ1v) is 8.66. The second kappa shape index (κ2) is 8.23. The fraction of sp³-hybridized carbons (Fsp3) is 0.0870. The van der Waals surface area contributed by atoms with Crippen molar-refractivity contribution >= 4 is 5.91 Å². The summed E-state index contributed by atoms with van der Waals surface area (Å²) in [5.74, 6) is -0.0367. The van der Waals surface area contributed by atoms with E-state index in [0.29, 0.717) is 12.1 Å². The van der Waals surface area contributed by atoms with E-state index in [1.54, 1.807) is 36.4 Å². The van der Waals surface area contributed by atoms with E-state index in [-0.39, 0.29) is 23.3 Å². The van der Waals surface area contributed by atoms with Gasteiger partial charge in [0.05, 0.1) is 0 Å². The van der Waals surface area contributed by atoms with Crippen LogP contribution in [-0.2, 0) is 0 Å². The van der Waals surface area contributed by atoms with Crippen molar-refractivity contribution in [3.63, 3.8) is 0 Å². The second-order valence-corrected chi connectivity index (χ2v) is 6.20. The van der Waals surface area contributed by atoms with E-state index < -0.39 is 0 Å². The molecule has 0 saturated carbocycles. The van der Waals surface area contributed by atoms with Gasteiger partial charge in [-0.2, -0.15) is 0 Å². The van der Waals surface area contributed by atoms with Crippen LogP contribution in [-0.4, -0.2) is 22.7 Å². The highest BCUT2D eigenvalue weighted by atomic mass is 16.3. The van der Waals surface area contributed by atoms with Crippen LogP contribution in [0.2, 0.25) is 0 Å². The predicted octanol–water partition coefficient (Wildman–Crippen LogP) is 4.19. The molecule has 3 aromatic carbocycles. The standard InChI is InChI=1S/C23H21NO3/c1-2-15-24-23(27)21-6-4-3-5-20(21)22(16-7-11-18(25)12-8-16)17-9-13-19(26)14-10-17/h2-14,22,25-26H,1,15H2,(H,24,27). The number of hydrogen-bond donors (Lipinski definition) is 3. The lowest BCUT2D eigenvalue weighted by molar-refractivity contribution is 0.0957. The molecular weight excluding hydrogens is 338 g/mol. The normalized spacial score (nSPS) is 10.6. The monoisotopic (exact) mass is 359 g/mol. The summed E-state index contributed by atoms with van der Waals surface area (Å²) in [6.45, 7) is 4.02. The van der Waals surface area contributed by atoms with Crippen LogP contribution in [0.5, 0.6) is 11.5 Å². The first-order chi connectivity index (χ1) is 13.1. The highest BCUT2D eigenvalue weighted by molar-refractivity contribution is 5.96. The number of carbonyl (C=O) groups excluding carboxylic acids is 1. The van der Waals surface area contributed by atoms with Gasteiger partial charge in [0.15, 0.2) is 0 Å². The summed E-state index contributed by atoms with van der Waals surface area (Å²) in [4.78, 5) is 12.7. The maximum absolute atomic E-state index is 12.7. The van der Waals surface area contributed by atoms with Gasteiger partial charge in [0.2, 0.25) is 0 Å². The molecule has 136 valence electrons. The summed E-state index contributed by atoms with van der Waals surface area (Å²) in [6.07, 6.45) is 1.64. The Balaban J connectivity index is 2.14. The number of phenols is 2. The minimum absolute atomic E-state index is 0.173. The van der Waals surface area contributed by atoms with E-state index in [1.807, 2.05) is 42.5 Å². The molecule has 3 rings (SSSR count). The number of phenolic OH excluding ortho intramolecular Hbond substituents is 2. The van der Waals surface area contributed by atoms with Crippen LogP contribution >= 0.6 is 0 Å². The summed E-state index contributed by atoms with van der Waals surface area (Å²) >= 11 is 0. The number of carbonyl (C=O) groups is 1. The lowest BCUT2D eigenvalue weighted by Gasteiger charge is -2.22. The number of amides is 1. The quantitative estimate of drug-likeness (QED) is 0.456. The van der Waals surface area contributed by atoms with Gasteiger partial charge in [-0.05, 0) is 47.0 Å². The van der Waals surface area contributed by atoms with E-state index in [1.165, 1.54) is 0 Å². The van der Waals surface area contributed by atoms with Crippen LogP contribution in [0.25, 0.3) is 0 Å². The minimum atomic E-state index is -0.225. The van der Waals surface area contributed by atoms with E-state index >= 15 is 0 Å². The van der Waals surface area contributed by atoms with Crippen LogP contribution in [0, 0.1) is 0 Å². The highest BCUT2D eigenvalue weighted by Crippen LogP contribution is 2.35. The molecule has 3 N–H and O–H groups in total. The molecule has 0 fully saturated rings. The molecule has 0 saturated heterocycles. The van der Waals surface area contributed by atoms with Gasteiger partial charge in [0, 0.05) is 18.0 Å². The zero-order valence-corrected chi connectivity index (χ0v) is 14.8. The Kier molecular flexibility index (Phi) is 5.57. The Morgan fingerprint density at radius 1 is 0.889 bits per heavy atom. The summed E-state index contributed by atoms with van der Waals surface area (Å²) in [5, 5.41) is 22.1. The lowest BCUT2D eigenvalue weighted by atomic mass is 9.82. The zero-order valence-electron chi connectivity index (χ0n) is 14.8. The van der Waals surface area contributed by atoms with Gasteiger partial charge in [-0.15, -0.1) is 6.58 Å². The molecule has 0 unspecified atom stereocenters. The third kappa shape index (κ3) is 4.18. The van der Waals surface area contributed by atoms with Gasteiger partial charge in [0.25, 0.3) is 5.91 Å². The van der Waals surface area contributed by atoms with Crippen molar-refractivity contribution in [3.8, 4) is 11.5 Å². The van der Waals surface area contributed by atoms with Crippen LogP contribution in [0.15, 0.2) is 85.5 Å². The molecule has 0 radical (unpaired) electrons. The summed E-state index contributed by atoms with van der Waals surface area (Å²) in [5.41, 5.74) is 3.28. The molecule has 0 aliphatic rings. The Morgan fingerprint density at radius 3 is 1.93 bits per heavy atom. The van der Waals surface area contributed by atoms with Gasteiger partial charge >= 0.3 is 0 Å². The maximum Gasteiger partial charge on any atom is 0.251 e. The lowest BCUT2D eigenvalue weighted by Crippen LogP contribution is -2.25. The highest BCUT2D eigenvalue weighted by Gasteiger charge is 2.22. The van der Waals surface area contributed by atoms with Crippen molar-refractivity contribution in [1.29, 1.82) is 0 Å². The molecule has 0 heterocycles. The van der Waals surface area contributed by atoms with Gasteiger partial charge < -0.3 is 15.5 Å². The molecule has 1 amide bonds. The van der Waals surface area contributed by atoms with Gasteiger partial charge in [-0.25, -0.2) is 0 Å². The Bertz CT molecular complexity index is 885. The van der Waals surface area contributed by atoms with Crippen molar-refractivity contribution in [1.82, 2.24) is 5.32 Å². The summed E-state index contributed by atoms with van der Waals surface area (Å²) in [6, 6.07) is 21.3.